The van der Waals surface area contributed by atoms with Crippen LogP contribution < -0.4 is 21.3 Å². The minimum absolute atomic E-state index is 0.00898. The number of nitro benzene ring substituents is 2. The van der Waals surface area contributed by atoms with Crippen LogP contribution in [0.15, 0.2) is 146 Å². The first kappa shape index (κ1) is 47.1. The molecular formula is C52H48N6O11. The van der Waals surface area contributed by atoms with E-state index in [2.05, 4.69) is 21.3 Å². The average molecular weight is 933 g/mol. The van der Waals surface area contributed by atoms with Crippen LogP contribution in [0.1, 0.15) is 51.6 Å². The maximum atomic E-state index is 13.9. The largest absolute Gasteiger partial charge is 0.449 e. The Morgan fingerprint density at radius 2 is 0.884 bits per heavy atom. The summed E-state index contributed by atoms with van der Waals surface area (Å²) in [7, 11) is 0. The number of rotatable bonds is 19. The lowest BCUT2D eigenvalue weighted by molar-refractivity contribution is -0.385. The van der Waals surface area contributed by atoms with Crippen LogP contribution in [0, 0.1) is 20.2 Å². The third-order valence-electron chi connectivity index (χ3n) is 12.4. The number of non-ortho nitro benzene ring substituents is 2. The Hall–Kier alpha value is -8.44. The predicted octanol–water partition coefficient (Wildman–Crippen LogP) is 7.09. The van der Waals surface area contributed by atoms with E-state index in [-0.39, 0.29) is 62.2 Å². The van der Waals surface area contributed by atoms with Crippen molar-refractivity contribution >= 4 is 35.4 Å². The van der Waals surface area contributed by atoms with Crippen molar-refractivity contribution in [1.29, 1.82) is 0 Å². The molecule has 0 fully saturated rings. The molecule has 2 aliphatic rings. The lowest BCUT2D eigenvalue weighted by Gasteiger charge is -2.24. The molecule has 3 atom stereocenters. The molecule has 2 aliphatic carbocycles. The summed E-state index contributed by atoms with van der Waals surface area (Å²) in [5.41, 5.74) is 8.87. The number of ether oxygens (including phenoxy) is 2. The number of nitro groups is 2. The second kappa shape index (κ2) is 21.5. The fraction of sp³-hybridized carbons (Fsp3) is 0.231. The highest BCUT2D eigenvalue weighted by atomic mass is 16.6. The quantitative estimate of drug-likeness (QED) is 0.0406. The zero-order chi connectivity index (χ0) is 48.4. The number of hydrogen-bond acceptors (Lipinski definition) is 11. The highest BCUT2D eigenvalue weighted by molar-refractivity contribution is 5.87. The van der Waals surface area contributed by atoms with E-state index in [1.807, 2.05) is 97.1 Å². The van der Waals surface area contributed by atoms with Crippen LogP contribution in [-0.4, -0.2) is 83.4 Å². The van der Waals surface area contributed by atoms with Gasteiger partial charge in [0.2, 0.25) is 11.8 Å². The molecule has 5 N–H and O–H groups in total. The molecule has 0 saturated carbocycles. The first-order chi connectivity index (χ1) is 33.5. The van der Waals surface area contributed by atoms with Gasteiger partial charge in [0.25, 0.3) is 11.4 Å². The third kappa shape index (κ3) is 11.1. The molecule has 352 valence electrons. The SMILES string of the molecule is O=C(N[C@@H](Cc1ccc([N+](=O)[O-])cc1)C(=O)NCCC(CO)NC(=O)[C@H](Cc1ccc([N+](=O)[O-])cc1)NC(=O)OCC1c2ccccc2-c2ccccc21)OCC1c2ccccc2-c2ccccc21. The van der Waals surface area contributed by atoms with Gasteiger partial charge in [0.15, 0.2) is 0 Å². The molecule has 0 radical (unpaired) electrons. The summed E-state index contributed by atoms with van der Waals surface area (Å²) in [6.45, 7) is -0.668. The lowest BCUT2D eigenvalue weighted by Crippen LogP contribution is -2.52. The van der Waals surface area contributed by atoms with Crippen LogP contribution in [0.25, 0.3) is 22.3 Å². The summed E-state index contributed by atoms with van der Waals surface area (Å²) in [4.78, 5) is 76.0. The number of nitrogens with one attached hydrogen (secondary N) is 4. The Kier molecular flexibility index (Phi) is 14.6. The number of hydrogen-bond donors (Lipinski definition) is 5. The summed E-state index contributed by atoms with van der Waals surface area (Å²) < 4.78 is 11.4. The van der Waals surface area contributed by atoms with E-state index in [0.717, 1.165) is 44.5 Å². The van der Waals surface area contributed by atoms with E-state index < -0.39 is 58.6 Å². The molecule has 0 aromatic heterocycles. The van der Waals surface area contributed by atoms with Gasteiger partial charge in [-0.2, -0.15) is 0 Å². The second-order valence-electron chi connectivity index (χ2n) is 16.8. The normalized spacial score (nSPS) is 13.6. The number of amides is 4. The lowest BCUT2D eigenvalue weighted by atomic mass is 9.98. The topological polar surface area (TPSA) is 241 Å². The number of carbonyl (C=O) groups excluding carboxylic acids is 4. The number of carbonyl (C=O) groups is 4. The minimum atomic E-state index is -1.25. The molecule has 69 heavy (non-hydrogen) atoms. The van der Waals surface area contributed by atoms with Crippen molar-refractivity contribution in [3.05, 3.63) is 199 Å². The Balaban J connectivity index is 0.903. The van der Waals surface area contributed by atoms with Gasteiger partial charge in [-0.3, -0.25) is 29.8 Å². The number of aliphatic hydroxyl groups is 1. The third-order valence-corrected chi connectivity index (χ3v) is 12.4. The molecule has 1 unspecified atom stereocenters. The predicted molar refractivity (Wildman–Crippen MR) is 254 cm³/mol. The number of benzene rings is 6. The van der Waals surface area contributed by atoms with E-state index in [4.69, 9.17) is 9.47 Å². The van der Waals surface area contributed by atoms with Gasteiger partial charge < -0.3 is 35.8 Å². The molecular weight excluding hydrogens is 885 g/mol. The van der Waals surface area contributed by atoms with Crippen LogP contribution in [-0.2, 0) is 31.9 Å². The molecule has 0 aliphatic heterocycles. The fourth-order valence-electron chi connectivity index (χ4n) is 8.97. The Morgan fingerprint density at radius 1 is 0.522 bits per heavy atom. The van der Waals surface area contributed by atoms with Gasteiger partial charge in [-0.15, -0.1) is 0 Å². The highest BCUT2D eigenvalue weighted by Crippen LogP contribution is 2.45. The van der Waals surface area contributed by atoms with Crippen molar-refractivity contribution in [3.63, 3.8) is 0 Å². The van der Waals surface area contributed by atoms with Crippen molar-refractivity contribution in [3.8, 4) is 22.3 Å². The van der Waals surface area contributed by atoms with Gasteiger partial charge in [-0.1, -0.05) is 121 Å². The Bertz CT molecular complexity index is 2780. The average Bonchev–Trinajstić information content (AvgIpc) is 3.86. The van der Waals surface area contributed by atoms with Crippen molar-refractivity contribution in [1.82, 2.24) is 21.3 Å². The Labute approximate surface area is 396 Å². The molecule has 8 rings (SSSR count). The van der Waals surface area contributed by atoms with Gasteiger partial charge in [-0.05, 0) is 62.1 Å². The van der Waals surface area contributed by atoms with Crippen LogP contribution in [0.5, 0.6) is 0 Å². The van der Waals surface area contributed by atoms with Gasteiger partial charge in [-0.25, -0.2) is 9.59 Å². The molecule has 4 amide bonds. The summed E-state index contributed by atoms with van der Waals surface area (Å²) in [5, 5.41) is 43.8. The molecule has 17 heteroatoms. The van der Waals surface area contributed by atoms with E-state index in [0.29, 0.717) is 11.1 Å². The Morgan fingerprint density at radius 3 is 1.25 bits per heavy atom. The molecule has 0 heterocycles. The zero-order valence-electron chi connectivity index (χ0n) is 37.1. The van der Waals surface area contributed by atoms with Crippen LogP contribution in [0.3, 0.4) is 0 Å². The summed E-state index contributed by atoms with van der Waals surface area (Å²) in [6, 6.07) is 39.1. The van der Waals surface area contributed by atoms with E-state index in [1.165, 1.54) is 48.5 Å². The van der Waals surface area contributed by atoms with Crippen LogP contribution >= 0.6 is 0 Å². The van der Waals surface area contributed by atoms with Crippen molar-refractivity contribution in [2.45, 2.75) is 49.2 Å². The highest BCUT2D eigenvalue weighted by Gasteiger charge is 2.32. The fourth-order valence-corrected chi connectivity index (χ4v) is 8.97. The van der Waals surface area contributed by atoms with Crippen LogP contribution in [0.2, 0.25) is 0 Å². The number of alkyl carbamates (subject to hydrolysis) is 2. The van der Waals surface area contributed by atoms with Gasteiger partial charge in [0.05, 0.1) is 22.5 Å². The monoisotopic (exact) mass is 932 g/mol. The van der Waals surface area contributed by atoms with Crippen molar-refractivity contribution in [2.75, 3.05) is 26.4 Å². The molecule has 0 spiro atoms. The first-order valence-electron chi connectivity index (χ1n) is 22.4. The van der Waals surface area contributed by atoms with E-state index in [9.17, 15) is 44.5 Å². The van der Waals surface area contributed by atoms with Crippen LogP contribution in [0.4, 0.5) is 21.0 Å². The van der Waals surface area contributed by atoms with Gasteiger partial charge in [0, 0.05) is 55.5 Å². The van der Waals surface area contributed by atoms with Gasteiger partial charge >= 0.3 is 12.2 Å². The standard InChI is InChI=1S/C52H48N6O11/c59-29-34(54-50(61)48(28-33-19-23-36(24-20-33)58(66)67)56-52(63)69-31-46-43-15-7-3-11-39(43)40-12-4-8-16-44(40)46)25-26-53-49(60)47(27-32-17-21-35(22-18-32)57(64)65)55-51(62)68-30-45-41-13-5-1-9-37(41)38-10-2-6-14-42(38)45/h1-24,34,45-48,59H,25-31H2,(H,53,60)(H,54,61)(H,55,62)(H,56,63)/t34?,47-,48-/m0/s1. The molecule has 6 aromatic rings. The second-order valence-corrected chi connectivity index (χ2v) is 16.8. The minimum Gasteiger partial charge on any atom is -0.449 e. The number of aliphatic hydroxyl groups excluding tert-OH is 1. The maximum Gasteiger partial charge on any atom is 0.407 e. The first-order valence-corrected chi connectivity index (χ1v) is 22.4. The van der Waals surface area contributed by atoms with Crippen molar-refractivity contribution < 1.29 is 43.6 Å². The molecule has 6 aromatic carbocycles. The molecule has 0 saturated heterocycles. The summed E-state index contributed by atoms with van der Waals surface area (Å²) in [6.07, 6.45) is -1.87. The summed E-state index contributed by atoms with van der Waals surface area (Å²) in [5.74, 6) is -1.81. The van der Waals surface area contributed by atoms with Crippen molar-refractivity contribution in [2.24, 2.45) is 0 Å². The van der Waals surface area contributed by atoms with Gasteiger partial charge in [0.1, 0.15) is 25.3 Å². The molecule has 0 bridgehead atoms. The number of nitrogens with zero attached hydrogens (tertiary/aromatic N) is 2. The zero-order valence-corrected chi connectivity index (χ0v) is 37.1. The smallest absolute Gasteiger partial charge is 0.407 e. The van der Waals surface area contributed by atoms with E-state index in [1.54, 1.807) is 0 Å². The van der Waals surface area contributed by atoms with E-state index >= 15 is 0 Å². The maximum absolute atomic E-state index is 13.9. The number of fused-ring (bicyclic) bond motifs is 6. The summed E-state index contributed by atoms with van der Waals surface area (Å²) >= 11 is 0. The molecule has 17 nitrogen and oxygen atoms in total.